The van der Waals surface area contributed by atoms with Gasteiger partial charge in [0, 0.05) is 30.0 Å². The summed E-state index contributed by atoms with van der Waals surface area (Å²) in [6, 6.07) is 6.21. The van der Waals surface area contributed by atoms with Gasteiger partial charge in [0.05, 0.1) is 6.54 Å². The molecule has 1 aliphatic carbocycles. The standard InChI is InChI=1S/C17H25BrN4O/c1-3-19-17(21-9-8-20-16(23)13-4-5-13)22-11-14-6-7-15(18)10-12(14)2/h6-7,10,13H,3-5,8-9,11H2,1-2H3,(H,20,23)(H2,19,21,22). The van der Waals surface area contributed by atoms with Crippen molar-refractivity contribution >= 4 is 27.8 Å². The number of rotatable bonds is 7. The summed E-state index contributed by atoms with van der Waals surface area (Å²) in [6.45, 7) is 6.85. The van der Waals surface area contributed by atoms with Gasteiger partial charge in [-0.2, -0.15) is 0 Å². The van der Waals surface area contributed by atoms with E-state index in [0.717, 1.165) is 29.8 Å². The number of aliphatic imine (C=N–C) groups is 1. The molecule has 0 unspecified atom stereocenters. The van der Waals surface area contributed by atoms with E-state index in [1.807, 2.05) is 13.0 Å². The highest BCUT2D eigenvalue weighted by molar-refractivity contribution is 9.10. The van der Waals surface area contributed by atoms with Crippen LogP contribution in [0.4, 0.5) is 0 Å². The molecule has 23 heavy (non-hydrogen) atoms. The van der Waals surface area contributed by atoms with Crippen molar-refractivity contribution in [2.45, 2.75) is 33.2 Å². The molecule has 3 N–H and O–H groups in total. The summed E-state index contributed by atoms with van der Waals surface area (Å²) in [5.74, 6) is 1.21. The number of carbonyl (C=O) groups is 1. The first-order chi connectivity index (χ1) is 11.1. The quantitative estimate of drug-likeness (QED) is 0.386. The van der Waals surface area contributed by atoms with Crippen molar-refractivity contribution in [3.8, 4) is 0 Å². The lowest BCUT2D eigenvalue weighted by Gasteiger charge is -2.12. The molecule has 1 saturated carbocycles. The molecule has 0 aromatic heterocycles. The minimum Gasteiger partial charge on any atom is -0.357 e. The van der Waals surface area contributed by atoms with Gasteiger partial charge in [0.15, 0.2) is 5.96 Å². The molecule has 1 aromatic carbocycles. The van der Waals surface area contributed by atoms with Gasteiger partial charge in [-0.3, -0.25) is 4.79 Å². The first kappa shape index (κ1) is 17.8. The van der Waals surface area contributed by atoms with Gasteiger partial charge < -0.3 is 16.0 Å². The van der Waals surface area contributed by atoms with E-state index in [4.69, 9.17) is 0 Å². The second kappa shape index (κ2) is 8.91. The van der Waals surface area contributed by atoms with Crippen LogP contribution in [-0.2, 0) is 11.3 Å². The Morgan fingerprint density at radius 2 is 2.00 bits per heavy atom. The van der Waals surface area contributed by atoms with Crippen LogP contribution in [0.3, 0.4) is 0 Å². The van der Waals surface area contributed by atoms with Crippen LogP contribution in [0.2, 0.25) is 0 Å². The van der Waals surface area contributed by atoms with Crippen LogP contribution >= 0.6 is 15.9 Å². The lowest BCUT2D eigenvalue weighted by Crippen LogP contribution is -2.41. The Labute approximate surface area is 146 Å². The third kappa shape index (κ3) is 6.22. The summed E-state index contributed by atoms with van der Waals surface area (Å²) in [4.78, 5) is 16.2. The topological polar surface area (TPSA) is 65.5 Å². The summed E-state index contributed by atoms with van der Waals surface area (Å²) in [5.41, 5.74) is 2.42. The van der Waals surface area contributed by atoms with E-state index in [0.29, 0.717) is 19.6 Å². The number of hydrogen-bond acceptors (Lipinski definition) is 2. The molecule has 0 radical (unpaired) electrons. The van der Waals surface area contributed by atoms with Gasteiger partial charge in [0.25, 0.3) is 0 Å². The van der Waals surface area contributed by atoms with Crippen molar-refractivity contribution in [3.63, 3.8) is 0 Å². The zero-order valence-electron chi connectivity index (χ0n) is 13.8. The van der Waals surface area contributed by atoms with Crippen LogP contribution in [0, 0.1) is 12.8 Å². The number of carbonyl (C=O) groups excluding carboxylic acids is 1. The highest BCUT2D eigenvalue weighted by Gasteiger charge is 2.28. The van der Waals surface area contributed by atoms with Gasteiger partial charge in [-0.15, -0.1) is 0 Å². The molecule has 0 saturated heterocycles. The maximum Gasteiger partial charge on any atom is 0.223 e. The minimum absolute atomic E-state index is 0.180. The van der Waals surface area contributed by atoms with Gasteiger partial charge in [-0.05, 0) is 49.9 Å². The molecule has 0 bridgehead atoms. The van der Waals surface area contributed by atoms with Crippen LogP contribution in [0.5, 0.6) is 0 Å². The average molecular weight is 381 g/mol. The predicted molar refractivity (Wildman–Crippen MR) is 97.4 cm³/mol. The van der Waals surface area contributed by atoms with Crippen molar-refractivity contribution in [1.29, 1.82) is 0 Å². The molecular weight excluding hydrogens is 356 g/mol. The van der Waals surface area contributed by atoms with E-state index in [1.165, 1.54) is 11.1 Å². The first-order valence-electron chi connectivity index (χ1n) is 8.15. The molecule has 126 valence electrons. The lowest BCUT2D eigenvalue weighted by atomic mass is 10.1. The van der Waals surface area contributed by atoms with E-state index < -0.39 is 0 Å². The van der Waals surface area contributed by atoms with Gasteiger partial charge in [-0.25, -0.2) is 4.99 Å². The van der Waals surface area contributed by atoms with E-state index in [1.54, 1.807) is 0 Å². The molecule has 1 aromatic rings. The largest absolute Gasteiger partial charge is 0.357 e. The molecule has 0 spiro atoms. The van der Waals surface area contributed by atoms with Crippen molar-refractivity contribution in [3.05, 3.63) is 33.8 Å². The molecule has 2 rings (SSSR count). The fourth-order valence-corrected chi connectivity index (χ4v) is 2.67. The minimum atomic E-state index is 0.180. The van der Waals surface area contributed by atoms with Crippen LogP contribution in [0.25, 0.3) is 0 Å². The number of nitrogens with zero attached hydrogens (tertiary/aromatic N) is 1. The van der Waals surface area contributed by atoms with Crippen molar-refractivity contribution in [2.24, 2.45) is 10.9 Å². The lowest BCUT2D eigenvalue weighted by molar-refractivity contribution is -0.122. The summed E-state index contributed by atoms with van der Waals surface area (Å²) in [5, 5.41) is 9.42. The van der Waals surface area contributed by atoms with Crippen molar-refractivity contribution < 1.29 is 4.79 Å². The molecule has 0 heterocycles. The summed E-state index contributed by atoms with van der Waals surface area (Å²) < 4.78 is 1.08. The predicted octanol–water partition coefficient (Wildman–Crippen LogP) is 2.34. The second-order valence-electron chi connectivity index (χ2n) is 5.76. The first-order valence-corrected chi connectivity index (χ1v) is 8.94. The Kier molecular flexibility index (Phi) is 6.89. The van der Waals surface area contributed by atoms with Gasteiger partial charge >= 0.3 is 0 Å². The number of aryl methyl sites for hydroxylation is 1. The van der Waals surface area contributed by atoms with E-state index >= 15 is 0 Å². The number of nitrogens with one attached hydrogen (secondary N) is 3. The summed E-state index contributed by atoms with van der Waals surface area (Å²) in [6.07, 6.45) is 2.08. The summed E-state index contributed by atoms with van der Waals surface area (Å²) in [7, 11) is 0. The molecule has 1 aliphatic rings. The Balaban J connectivity index is 1.80. The van der Waals surface area contributed by atoms with Gasteiger partial charge in [0.1, 0.15) is 0 Å². The van der Waals surface area contributed by atoms with Crippen LogP contribution < -0.4 is 16.0 Å². The zero-order valence-corrected chi connectivity index (χ0v) is 15.4. The molecule has 0 aliphatic heterocycles. The van der Waals surface area contributed by atoms with Crippen LogP contribution in [0.15, 0.2) is 27.7 Å². The number of guanidine groups is 1. The fraction of sp³-hybridized carbons (Fsp3) is 0.529. The van der Waals surface area contributed by atoms with Crippen LogP contribution in [-0.4, -0.2) is 31.5 Å². The van der Waals surface area contributed by atoms with E-state index in [2.05, 4.69) is 55.9 Å². The molecule has 5 nitrogen and oxygen atoms in total. The van der Waals surface area contributed by atoms with Gasteiger partial charge in [-0.1, -0.05) is 22.0 Å². The monoisotopic (exact) mass is 380 g/mol. The van der Waals surface area contributed by atoms with Crippen molar-refractivity contribution in [1.82, 2.24) is 16.0 Å². The highest BCUT2D eigenvalue weighted by Crippen LogP contribution is 2.28. The smallest absolute Gasteiger partial charge is 0.223 e. The average Bonchev–Trinajstić information content (AvgIpc) is 3.35. The Hall–Kier alpha value is -1.56. The third-order valence-corrected chi connectivity index (χ3v) is 4.21. The fourth-order valence-electron chi connectivity index (χ4n) is 2.20. The maximum absolute atomic E-state index is 11.6. The highest BCUT2D eigenvalue weighted by atomic mass is 79.9. The van der Waals surface area contributed by atoms with Crippen molar-refractivity contribution in [2.75, 3.05) is 19.6 Å². The number of hydrogen-bond donors (Lipinski definition) is 3. The normalized spacial score (nSPS) is 14.5. The second-order valence-corrected chi connectivity index (χ2v) is 6.67. The maximum atomic E-state index is 11.6. The molecule has 1 amide bonds. The third-order valence-electron chi connectivity index (χ3n) is 3.72. The molecular formula is C17H25BrN4O. The Morgan fingerprint density at radius 3 is 2.65 bits per heavy atom. The van der Waals surface area contributed by atoms with E-state index in [9.17, 15) is 4.79 Å². The Bertz CT molecular complexity index is 570. The molecule has 1 fully saturated rings. The molecule has 0 atom stereocenters. The van der Waals surface area contributed by atoms with E-state index in [-0.39, 0.29) is 11.8 Å². The number of amides is 1. The summed E-state index contributed by atoms with van der Waals surface area (Å²) >= 11 is 3.47. The SMILES string of the molecule is CCNC(=NCc1ccc(Br)cc1C)NCCNC(=O)C1CC1. The van der Waals surface area contributed by atoms with Crippen LogP contribution in [0.1, 0.15) is 30.9 Å². The Morgan fingerprint density at radius 1 is 1.26 bits per heavy atom. The number of benzene rings is 1. The zero-order chi connectivity index (χ0) is 16.7. The molecule has 6 heteroatoms. The van der Waals surface area contributed by atoms with Gasteiger partial charge in [0.2, 0.25) is 5.91 Å². The number of halogens is 1.